The average molecular weight is 275 g/mol. The van der Waals surface area contributed by atoms with Crippen LogP contribution in [0.3, 0.4) is 0 Å². The van der Waals surface area contributed by atoms with Crippen LogP contribution in [0.4, 0.5) is 5.69 Å². The van der Waals surface area contributed by atoms with Crippen LogP contribution >= 0.6 is 0 Å². The zero-order chi connectivity index (χ0) is 14.4. The first-order valence-electron chi connectivity index (χ1n) is 6.73. The topological polar surface area (TPSA) is 84.6 Å². The summed E-state index contributed by atoms with van der Waals surface area (Å²) >= 11 is 0. The number of hydrogen-bond donors (Lipinski definition) is 1. The number of hydrogen-bond acceptors (Lipinski definition) is 4. The number of nitrogens with one attached hydrogen (secondary N) is 1. The van der Waals surface area contributed by atoms with Crippen molar-refractivity contribution in [2.75, 3.05) is 0 Å². The second kappa shape index (κ2) is 6.79. The van der Waals surface area contributed by atoms with Gasteiger partial charge < -0.3 is 0 Å². The quantitative estimate of drug-likeness (QED) is 0.677. The van der Waals surface area contributed by atoms with E-state index in [1.807, 2.05) is 0 Å². The van der Waals surface area contributed by atoms with Gasteiger partial charge >= 0.3 is 0 Å². The lowest BCUT2D eigenvalue weighted by atomic mass is 9.99. The fourth-order valence-corrected chi connectivity index (χ4v) is 2.17. The van der Waals surface area contributed by atoms with E-state index in [1.165, 1.54) is 18.6 Å². The van der Waals surface area contributed by atoms with Crippen molar-refractivity contribution in [3.05, 3.63) is 39.9 Å². The van der Waals surface area contributed by atoms with E-state index in [4.69, 9.17) is 0 Å². The largest absolute Gasteiger partial charge is 0.273 e. The number of benzene rings is 1. The highest BCUT2D eigenvalue weighted by Crippen LogP contribution is 2.14. The Morgan fingerprint density at radius 3 is 2.45 bits per heavy atom. The maximum Gasteiger partial charge on any atom is 0.269 e. The minimum Gasteiger partial charge on any atom is -0.273 e. The third kappa shape index (κ3) is 4.15. The third-order valence-electron chi connectivity index (χ3n) is 3.28. The summed E-state index contributed by atoms with van der Waals surface area (Å²) in [6, 6.07) is 5.97. The third-order valence-corrected chi connectivity index (χ3v) is 3.28. The average Bonchev–Trinajstić information content (AvgIpc) is 2.47. The van der Waals surface area contributed by atoms with E-state index in [2.05, 4.69) is 10.5 Å². The summed E-state index contributed by atoms with van der Waals surface area (Å²) < 4.78 is 0. The molecule has 0 aliphatic heterocycles. The molecule has 2 rings (SSSR count). The minimum atomic E-state index is -0.459. The van der Waals surface area contributed by atoms with Gasteiger partial charge in [-0.05, 0) is 31.2 Å². The summed E-state index contributed by atoms with van der Waals surface area (Å²) in [7, 11) is 0. The molecule has 0 spiro atoms. The molecular weight excluding hydrogens is 258 g/mol. The maximum absolute atomic E-state index is 11.7. The highest BCUT2D eigenvalue weighted by Gasteiger charge is 2.09. The normalized spacial score (nSPS) is 14.7. The molecule has 0 atom stereocenters. The van der Waals surface area contributed by atoms with Crippen molar-refractivity contribution >= 4 is 17.3 Å². The number of nitro benzene ring substituents is 1. The highest BCUT2D eigenvalue weighted by molar-refractivity contribution is 5.87. The maximum atomic E-state index is 11.7. The molecule has 1 saturated carbocycles. The lowest BCUT2D eigenvalue weighted by Crippen LogP contribution is -2.22. The number of rotatable bonds is 4. The van der Waals surface area contributed by atoms with Gasteiger partial charge in [0.15, 0.2) is 0 Å². The van der Waals surface area contributed by atoms with E-state index < -0.39 is 4.92 Å². The predicted molar refractivity (Wildman–Crippen MR) is 75.5 cm³/mol. The van der Waals surface area contributed by atoms with E-state index in [-0.39, 0.29) is 18.0 Å². The Morgan fingerprint density at radius 1 is 1.20 bits per heavy atom. The van der Waals surface area contributed by atoms with Crippen molar-refractivity contribution < 1.29 is 9.72 Å². The van der Waals surface area contributed by atoms with Crippen LogP contribution in [0.25, 0.3) is 0 Å². The fourth-order valence-electron chi connectivity index (χ4n) is 2.17. The molecule has 0 radical (unpaired) electrons. The molecular formula is C14H17N3O3. The number of non-ortho nitro benzene ring substituents is 1. The van der Waals surface area contributed by atoms with Gasteiger partial charge in [0.1, 0.15) is 0 Å². The molecule has 106 valence electrons. The van der Waals surface area contributed by atoms with Crippen LogP contribution in [0.15, 0.2) is 29.4 Å². The van der Waals surface area contributed by atoms with Crippen molar-refractivity contribution in [3.8, 4) is 0 Å². The van der Waals surface area contributed by atoms with Gasteiger partial charge in [0.2, 0.25) is 5.91 Å². The van der Waals surface area contributed by atoms with Crippen LogP contribution < -0.4 is 5.43 Å². The first-order valence-corrected chi connectivity index (χ1v) is 6.73. The van der Waals surface area contributed by atoms with Crippen LogP contribution in [0, 0.1) is 10.1 Å². The molecule has 1 amide bonds. The van der Waals surface area contributed by atoms with E-state index in [0.29, 0.717) is 0 Å². The van der Waals surface area contributed by atoms with Crippen molar-refractivity contribution in [2.45, 2.75) is 38.5 Å². The number of carbonyl (C=O) groups is 1. The van der Waals surface area contributed by atoms with E-state index in [0.717, 1.165) is 37.0 Å². The van der Waals surface area contributed by atoms with Crippen LogP contribution in [0.2, 0.25) is 0 Å². The number of amides is 1. The van der Waals surface area contributed by atoms with Crippen LogP contribution in [-0.4, -0.2) is 16.5 Å². The number of hydrazone groups is 1. The second-order valence-corrected chi connectivity index (χ2v) is 4.87. The van der Waals surface area contributed by atoms with Crippen LogP contribution in [0.1, 0.15) is 37.7 Å². The molecule has 20 heavy (non-hydrogen) atoms. The van der Waals surface area contributed by atoms with Gasteiger partial charge in [-0.2, -0.15) is 5.10 Å². The number of nitro groups is 1. The highest BCUT2D eigenvalue weighted by atomic mass is 16.6. The molecule has 1 aromatic rings. The van der Waals surface area contributed by atoms with Crippen molar-refractivity contribution in [3.63, 3.8) is 0 Å². The van der Waals surface area contributed by atoms with Gasteiger partial charge in [-0.15, -0.1) is 0 Å². The molecule has 0 heterocycles. The van der Waals surface area contributed by atoms with Gasteiger partial charge in [0.25, 0.3) is 5.69 Å². The molecule has 0 aromatic heterocycles. The lowest BCUT2D eigenvalue weighted by molar-refractivity contribution is -0.384. The summed E-state index contributed by atoms with van der Waals surface area (Å²) in [5, 5.41) is 14.7. The summed E-state index contributed by atoms with van der Waals surface area (Å²) in [6.45, 7) is 0. The lowest BCUT2D eigenvalue weighted by Gasteiger charge is -2.11. The molecule has 1 aliphatic carbocycles. The number of nitrogens with zero attached hydrogens (tertiary/aromatic N) is 2. The molecule has 6 heteroatoms. The van der Waals surface area contributed by atoms with Gasteiger partial charge in [-0.1, -0.05) is 18.6 Å². The van der Waals surface area contributed by atoms with Crippen molar-refractivity contribution in [1.82, 2.24) is 5.43 Å². The van der Waals surface area contributed by atoms with E-state index >= 15 is 0 Å². The molecule has 6 nitrogen and oxygen atoms in total. The summed E-state index contributed by atoms with van der Waals surface area (Å²) in [5.74, 6) is -0.197. The number of carbonyl (C=O) groups excluding carboxylic acids is 1. The first-order chi connectivity index (χ1) is 9.65. The monoisotopic (exact) mass is 275 g/mol. The van der Waals surface area contributed by atoms with E-state index in [1.54, 1.807) is 12.1 Å². The molecule has 1 aromatic carbocycles. The van der Waals surface area contributed by atoms with Crippen LogP contribution in [0.5, 0.6) is 0 Å². The SMILES string of the molecule is O=C(Cc1ccc([N+](=O)[O-])cc1)NN=C1CCCCC1. The summed E-state index contributed by atoms with van der Waals surface area (Å²) in [5.41, 5.74) is 4.36. The van der Waals surface area contributed by atoms with Crippen LogP contribution in [-0.2, 0) is 11.2 Å². The van der Waals surface area contributed by atoms with Gasteiger partial charge in [-0.3, -0.25) is 14.9 Å². The molecule has 0 saturated heterocycles. The predicted octanol–water partition coefficient (Wildman–Crippen LogP) is 2.57. The summed E-state index contributed by atoms with van der Waals surface area (Å²) in [4.78, 5) is 21.8. The van der Waals surface area contributed by atoms with E-state index in [9.17, 15) is 14.9 Å². The molecule has 1 N–H and O–H groups in total. The Kier molecular flexibility index (Phi) is 4.81. The Labute approximate surface area is 117 Å². The first kappa shape index (κ1) is 14.2. The second-order valence-electron chi connectivity index (χ2n) is 4.87. The molecule has 1 aliphatic rings. The van der Waals surface area contributed by atoms with Crippen molar-refractivity contribution in [2.24, 2.45) is 5.10 Å². The smallest absolute Gasteiger partial charge is 0.269 e. The van der Waals surface area contributed by atoms with Gasteiger partial charge in [-0.25, -0.2) is 5.43 Å². The van der Waals surface area contributed by atoms with Crippen molar-refractivity contribution in [1.29, 1.82) is 0 Å². The fraction of sp³-hybridized carbons (Fsp3) is 0.429. The zero-order valence-electron chi connectivity index (χ0n) is 11.2. The van der Waals surface area contributed by atoms with Gasteiger partial charge in [0.05, 0.1) is 11.3 Å². The zero-order valence-corrected chi connectivity index (χ0v) is 11.2. The van der Waals surface area contributed by atoms with Gasteiger partial charge in [0, 0.05) is 17.8 Å². The molecule has 0 unspecified atom stereocenters. The standard InChI is InChI=1S/C14H17N3O3/c18-14(16-15-12-4-2-1-3-5-12)10-11-6-8-13(9-7-11)17(19)20/h6-9H,1-5,10H2,(H,16,18). The minimum absolute atomic E-state index is 0.0246. The molecule has 1 fully saturated rings. The Balaban J connectivity index is 1.86. The Hall–Kier alpha value is -2.24. The summed E-state index contributed by atoms with van der Waals surface area (Å²) in [6.07, 6.45) is 5.59. The Bertz CT molecular complexity index is 515. The molecule has 0 bridgehead atoms. The Morgan fingerprint density at radius 2 is 1.85 bits per heavy atom.